The fraction of sp³-hybridized carbons (Fsp3) is 0.684. The van der Waals surface area contributed by atoms with Crippen LogP contribution in [0.3, 0.4) is 0 Å². The molecule has 1 heterocycles. The van der Waals surface area contributed by atoms with Crippen molar-refractivity contribution >= 4 is 0 Å². The van der Waals surface area contributed by atoms with Crippen LogP contribution in [0.15, 0.2) is 0 Å². The molecule has 0 radical (unpaired) electrons. The number of aromatic nitrogens is 1. The maximum absolute atomic E-state index is 11.2. The van der Waals surface area contributed by atoms with Gasteiger partial charge in [-0.3, -0.25) is 0 Å². The van der Waals surface area contributed by atoms with E-state index in [2.05, 4.69) is 24.9 Å². The summed E-state index contributed by atoms with van der Waals surface area (Å²) in [5.41, 5.74) is 1.31. The third-order valence-corrected chi connectivity index (χ3v) is 4.96. The van der Waals surface area contributed by atoms with Gasteiger partial charge in [-0.15, -0.1) is 0 Å². The zero-order chi connectivity index (χ0) is 17.9. The van der Waals surface area contributed by atoms with Gasteiger partial charge in [-0.05, 0) is 43.1 Å². The van der Waals surface area contributed by atoms with E-state index in [0.717, 1.165) is 30.4 Å². The summed E-state index contributed by atoms with van der Waals surface area (Å²) >= 11 is 0. The van der Waals surface area contributed by atoms with Crippen molar-refractivity contribution in [2.24, 2.45) is 11.8 Å². The average Bonchev–Trinajstić information content (AvgIpc) is 2.51. The molecule has 0 spiro atoms. The number of hydrogen-bond acceptors (Lipinski definition) is 5. The highest BCUT2D eigenvalue weighted by atomic mass is 16.5. The van der Waals surface area contributed by atoms with Crippen molar-refractivity contribution in [2.75, 3.05) is 14.2 Å². The van der Waals surface area contributed by atoms with E-state index < -0.39 is 5.60 Å². The van der Waals surface area contributed by atoms with Crippen molar-refractivity contribution in [3.8, 4) is 17.8 Å². The van der Waals surface area contributed by atoms with Crippen molar-refractivity contribution < 1.29 is 14.6 Å². The molecule has 1 aliphatic carbocycles. The lowest BCUT2D eigenvalue weighted by molar-refractivity contribution is -0.0307. The summed E-state index contributed by atoms with van der Waals surface area (Å²) in [6.07, 6.45) is 3.75. The van der Waals surface area contributed by atoms with Crippen molar-refractivity contribution in [1.82, 2.24) is 4.98 Å². The topological polar surface area (TPSA) is 75.4 Å². The zero-order valence-electron chi connectivity index (χ0n) is 15.3. The van der Waals surface area contributed by atoms with Gasteiger partial charge in [0.2, 0.25) is 11.8 Å². The van der Waals surface area contributed by atoms with E-state index >= 15 is 0 Å². The predicted molar refractivity (Wildman–Crippen MR) is 92.3 cm³/mol. The van der Waals surface area contributed by atoms with Gasteiger partial charge in [0.05, 0.1) is 19.8 Å². The minimum absolute atomic E-state index is 0.266. The number of rotatable bonds is 5. The molecule has 1 aliphatic rings. The van der Waals surface area contributed by atoms with Crippen molar-refractivity contribution in [3.63, 3.8) is 0 Å². The molecule has 0 amide bonds. The van der Waals surface area contributed by atoms with E-state index in [1.54, 1.807) is 7.11 Å². The quantitative estimate of drug-likeness (QED) is 0.895. The lowest BCUT2D eigenvalue weighted by atomic mass is 9.70. The molecule has 0 aliphatic heterocycles. The van der Waals surface area contributed by atoms with Gasteiger partial charge in [0.25, 0.3) is 0 Å². The molecule has 0 aromatic carbocycles. The first-order valence-electron chi connectivity index (χ1n) is 8.63. The summed E-state index contributed by atoms with van der Waals surface area (Å²) in [4.78, 5) is 4.31. The first kappa shape index (κ1) is 18.5. The monoisotopic (exact) mass is 332 g/mol. The maximum atomic E-state index is 11.2. The normalized spacial score (nSPS) is 26.7. The third kappa shape index (κ3) is 3.64. The first-order chi connectivity index (χ1) is 11.4. The van der Waals surface area contributed by atoms with Crippen LogP contribution in [0.4, 0.5) is 0 Å². The standard InChI is InChI=1S/C19H28N2O3/c1-6-14-15(10-19(22)8-12(2)7-13(3)9-19)16(11-20)18(24-5)21-17(14)23-4/h12-13,22H,6-10H2,1-5H3. The van der Waals surface area contributed by atoms with E-state index in [0.29, 0.717) is 36.1 Å². The van der Waals surface area contributed by atoms with Crippen LogP contribution in [-0.2, 0) is 12.8 Å². The number of aliphatic hydroxyl groups is 1. The molecule has 5 nitrogen and oxygen atoms in total. The van der Waals surface area contributed by atoms with Gasteiger partial charge in [-0.1, -0.05) is 20.8 Å². The van der Waals surface area contributed by atoms with Crippen molar-refractivity contribution in [2.45, 2.75) is 58.5 Å². The lowest BCUT2D eigenvalue weighted by Crippen LogP contribution is -2.40. The highest BCUT2D eigenvalue weighted by Crippen LogP contribution is 2.41. The smallest absolute Gasteiger partial charge is 0.235 e. The molecule has 1 aromatic heterocycles. The van der Waals surface area contributed by atoms with Crippen LogP contribution in [0.2, 0.25) is 0 Å². The Balaban J connectivity index is 2.53. The van der Waals surface area contributed by atoms with Crippen LogP contribution in [0.1, 0.15) is 56.7 Å². The highest BCUT2D eigenvalue weighted by molar-refractivity contribution is 5.53. The van der Waals surface area contributed by atoms with Gasteiger partial charge < -0.3 is 14.6 Å². The summed E-state index contributed by atoms with van der Waals surface area (Å²) in [7, 11) is 3.06. The number of ether oxygens (including phenoxy) is 2. The summed E-state index contributed by atoms with van der Waals surface area (Å²) in [6.45, 7) is 6.37. The van der Waals surface area contributed by atoms with Gasteiger partial charge in [0, 0.05) is 12.0 Å². The van der Waals surface area contributed by atoms with Gasteiger partial charge in [0.1, 0.15) is 11.6 Å². The van der Waals surface area contributed by atoms with Crippen LogP contribution in [-0.4, -0.2) is 29.9 Å². The largest absolute Gasteiger partial charge is 0.481 e. The second-order valence-electron chi connectivity index (χ2n) is 7.18. The molecule has 5 heteroatoms. The summed E-state index contributed by atoms with van der Waals surface area (Å²) in [6, 6.07) is 2.22. The molecule has 1 aromatic rings. The zero-order valence-corrected chi connectivity index (χ0v) is 15.3. The predicted octanol–water partition coefficient (Wildman–Crippen LogP) is 3.26. The second-order valence-corrected chi connectivity index (χ2v) is 7.18. The molecule has 132 valence electrons. The van der Waals surface area contributed by atoms with Gasteiger partial charge >= 0.3 is 0 Å². The van der Waals surface area contributed by atoms with Crippen molar-refractivity contribution in [3.05, 3.63) is 16.7 Å². The van der Waals surface area contributed by atoms with Crippen LogP contribution >= 0.6 is 0 Å². The average molecular weight is 332 g/mol. The SMILES string of the molecule is CCc1c(OC)nc(OC)c(C#N)c1CC1(O)CC(C)CC(C)C1. The molecule has 24 heavy (non-hydrogen) atoms. The molecule has 2 rings (SSSR count). The van der Waals surface area contributed by atoms with Gasteiger partial charge in [-0.2, -0.15) is 10.2 Å². The molecular formula is C19H28N2O3. The molecular weight excluding hydrogens is 304 g/mol. The number of methoxy groups -OCH3 is 2. The Morgan fingerprint density at radius 1 is 1.17 bits per heavy atom. The molecule has 0 saturated heterocycles. The van der Waals surface area contributed by atoms with E-state index in [1.165, 1.54) is 7.11 Å². The minimum Gasteiger partial charge on any atom is -0.481 e. The van der Waals surface area contributed by atoms with E-state index in [4.69, 9.17) is 9.47 Å². The molecule has 1 fully saturated rings. The van der Waals surface area contributed by atoms with Gasteiger partial charge in [-0.25, -0.2) is 0 Å². The number of nitrogens with zero attached hydrogens (tertiary/aromatic N) is 2. The fourth-order valence-corrected chi connectivity index (χ4v) is 4.32. The maximum Gasteiger partial charge on any atom is 0.235 e. The Bertz CT molecular complexity index is 626. The van der Waals surface area contributed by atoms with Crippen LogP contribution < -0.4 is 9.47 Å². The van der Waals surface area contributed by atoms with Crippen molar-refractivity contribution in [1.29, 1.82) is 5.26 Å². The van der Waals surface area contributed by atoms with E-state index in [1.807, 2.05) is 6.92 Å². The Kier molecular flexibility index (Phi) is 5.71. The molecule has 1 N–H and O–H groups in total. The summed E-state index contributed by atoms with van der Waals surface area (Å²) in [5.74, 6) is 1.69. The highest BCUT2D eigenvalue weighted by Gasteiger charge is 2.38. The number of nitriles is 1. The summed E-state index contributed by atoms with van der Waals surface area (Å²) in [5, 5.41) is 20.9. The Morgan fingerprint density at radius 2 is 1.75 bits per heavy atom. The van der Waals surface area contributed by atoms with E-state index in [9.17, 15) is 10.4 Å². The lowest BCUT2D eigenvalue weighted by Gasteiger charge is -2.39. The van der Waals surface area contributed by atoms with E-state index in [-0.39, 0.29) is 5.88 Å². The third-order valence-electron chi connectivity index (χ3n) is 4.96. The fourth-order valence-electron chi connectivity index (χ4n) is 4.32. The second kappa shape index (κ2) is 7.40. The number of hydrogen-bond donors (Lipinski definition) is 1. The molecule has 2 unspecified atom stereocenters. The molecule has 0 bridgehead atoms. The van der Waals surface area contributed by atoms with Gasteiger partial charge in [0.15, 0.2) is 0 Å². The first-order valence-corrected chi connectivity index (χ1v) is 8.63. The Hall–Kier alpha value is -1.80. The Morgan fingerprint density at radius 3 is 2.21 bits per heavy atom. The van der Waals surface area contributed by atoms with Crippen LogP contribution in [0.5, 0.6) is 11.8 Å². The van der Waals surface area contributed by atoms with Crippen LogP contribution in [0.25, 0.3) is 0 Å². The summed E-state index contributed by atoms with van der Waals surface area (Å²) < 4.78 is 10.7. The molecule has 1 saturated carbocycles. The number of pyridine rings is 1. The van der Waals surface area contributed by atoms with Crippen LogP contribution in [0, 0.1) is 23.2 Å². The Labute approximate surface area is 144 Å². The minimum atomic E-state index is -0.802. The molecule has 2 atom stereocenters.